The summed E-state index contributed by atoms with van der Waals surface area (Å²) in [6, 6.07) is 3.18. The van der Waals surface area contributed by atoms with Gasteiger partial charge in [0.1, 0.15) is 11.5 Å². The molecule has 10 nitrogen and oxygen atoms in total. The van der Waals surface area contributed by atoms with Crippen molar-refractivity contribution in [1.82, 2.24) is 20.0 Å². The molecule has 1 fully saturated rings. The molecular weight excluding hydrogens is 328 g/mol. The number of pyridine rings is 1. The van der Waals surface area contributed by atoms with E-state index >= 15 is 0 Å². The molecule has 1 aliphatic rings. The van der Waals surface area contributed by atoms with Crippen LogP contribution in [0.1, 0.15) is 35.1 Å². The van der Waals surface area contributed by atoms with Gasteiger partial charge in [0.15, 0.2) is 5.69 Å². The predicted octanol–water partition coefficient (Wildman–Crippen LogP) is 1.52. The minimum absolute atomic E-state index is 0.0105. The number of hydrogen-bond donors (Lipinski definition) is 0. The summed E-state index contributed by atoms with van der Waals surface area (Å²) in [4.78, 5) is 28.4. The number of rotatable bonds is 4. The van der Waals surface area contributed by atoms with E-state index in [1.54, 1.807) is 23.9 Å². The highest BCUT2D eigenvalue weighted by Crippen LogP contribution is 2.27. The van der Waals surface area contributed by atoms with Gasteiger partial charge in [-0.15, -0.1) is 5.10 Å². The number of methoxy groups -OCH3 is 1. The van der Waals surface area contributed by atoms with Gasteiger partial charge in [-0.2, -0.15) is 0 Å². The molecule has 3 rings (SSSR count). The Labute approximate surface area is 143 Å². The Hall–Kier alpha value is -3.04. The molecule has 0 aromatic carbocycles. The first-order chi connectivity index (χ1) is 12.0. The SMILES string of the molecule is COC(=O)c1cn(C2CCCN(c3ccc([N+](=O)[O-])c(C)n3)C2)nn1. The maximum Gasteiger partial charge on any atom is 0.360 e. The van der Waals surface area contributed by atoms with Gasteiger partial charge in [0, 0.05) is 19.2 Å². The molecule has 0 spiro atoms. The van der Waals surface area contributed by atoms with Gasteiger partial charge >= 0.3 is 5.97 Å². The summed E-state index contributed by atoms with van der Waals surface area (Å²) >= 11 is 0. The zero-order valence-corrected chi connectivity index (χ0v) is 14.0. The first-order valence-corrected chi connectivity index (χ1v) is 7.86. The second kappa shape index (κ2) is 6.83. The van der Waals surface area contributed by atoms with Crippen molar-refractivity contribution in [2.24, 2.45) is 0 Å². The fraction of sp³-hybridized carbons (Fsp3) is 0.467. The topological polar surface area (TPSA) is 116 Å². The number of nitrogens with zero attached hydrogens (tertiary/aromatic N) is 6. The third-order valence-electron chi connectivity index (χ3n) is 4.24. The van der Waals surface area contributed by atoms with Crippen molar-refractivity contribution in [2.75, 3.05) is 25.1 Å². The van der Waals surface area contributed by atoms with Gasteiger partial charge in [0.2, 0.25) is 0 Å². The largest absolute Gasteiger partial charge is 0.464 e. The molecule has 1 saturated heterocycles. The number of hydrogen-bond acceptors (Lipinski definition) is 8. The van der Waals surface area contributed by atoms with Crippen molar-refractivity contribution >= 4 is 17.5 Å². The van der Waals surface area contributed by atoms with Crippen LogP contribution in [0.5, 0.6) is 0 Å². The zero-order valence-electron chi connectivity index (χ0n) is 14.0. The van der Waals surface area contributed by atoms with Crippen molar-refractivity contribution in [3.8, 4) is 0 Å². The number of carbonyl (C=O) groups is 1. The average molecular weight is 346 g/mol. The summed E-state index contributed by atoms with van der Waals surface area (Å²) in [5.41, 5.74) is 0.568. The monoisotopic (exact) mass is 346 g/mol. The third-order valence-corrected chi connectivity index (χ3v) is 4.24. The Morgan fingerprint density at radius 1 is 1.44 bits per heavy atom. The highest BCUT2D eigenvalue weighted by molar-refractivity contribution is 5.86. The van der Waals surface area contributed by atoms with E-state index in [0.717, 1.165) is 19.4 Å². The molecular formula is C15H18N6O4. The first-order valence-electron chi connectivity index (χ1n) is 7.86. The number of aromatic nitrogens is 4. The molecule has 2 aromatic heterocycles. The molecule has 0 bridgehead atoms. The number of ether oxygens (including phenoxy) is 1. The smallest absolute Gasteiger partial charge is 0.360 e. The fourth-order valence-corrected chi connectivity index (χ4v) is 2.94. The molecule has 0 N–H and O–H groups in total. The summed E-state index contributed by atoms with van der Waals surface area (Å²) in [5, 5.41) is 18.8. The van der Waals surface area contributed by atoms with Crippen LogP contribution in [-0.2, 0) is 4.74 Å². The summed E-state index contributed by atoms with van der Waals surface area (Å²) in [7, 11) is 1.30. The van der Waals surface area contributed by atoms with Gasteiger partial charge in [0.25, 0.3) is 5.69 Å². The van der Waals surface area contributed by atoms with Gasteiger partial charge in [-0.05, 0) is 25.8 Å². The van der Waals surface area contributed by atoms with Gasteiger partial charge in [-0.3, -0.25) is 10.1 Å². The van der Waals surface area contributed by atoms with E-state index in [4.69, 9.17) is 0 Å². The Balaban J connectivity index is 1.77. The number of piperidine rings is 1. The van der Waals surface area contributed by atoms with E-state index in [0.29, 0.717) is 18.1 Å². The Bertz CT molecular complexity index is 805. The predicted molar refractivity (Wildman–Crippen MR) is 87.5 cm³/mol. The van der Waals surface area contributed by atoms with Crippen LogP contribution < -0.4 is 4.90 Å². The van der Waals surface area contributed by atoms with E-state index in [1.165, 1.54) is 13.2 Å². The quantitative estimate of drug-likeness (QED) is 0.465. The molecule has 1 aliphatic heterocycles. The van der Waals surface area contributed by atoms with Crippen LogP contribution in [0, 0.1) is 17.0 Å². The second-order valence-corrected chi connectivity index (χ2v) is 5.85. The molecule has 132 valence electrons. The van der Waals surface area contributed by atoms with Crippen molar-refractivity contribution < 1.29 is 14.5 Å². The number of carbonyl (C=O) groups excluding carboxylic acids is 1. The number of aryl methyl sites for hydroxylation is 1. The lowest BCUT2D eigenvalue weighted by Crippen LogP contribution is -2.37. The van der Waals surface area contributed by atoms with Crippen LogP contribution in [0.4, 0.5) is 11.5 Å². The molecule has 0 saturated carbocycles. The molecule has 2 aromatic rings. The Kier molecular flexibility index (Phi) is 4.59. The van der Waals surface area contributed by atoms with Crippen LogP contribution in [0.3, 0.4) is 0 Å². The Morgan fingerprint density at radius 3 is 2.92 bits per heavy atom. The number of esters is 1. The van der Waals surface area contributed by atoms with Crippen molar-refractivity contribution in [3.63, 3.8) is 0 Å². The van der Waals surface area contributed by atoms with E-state index < -0.39 is 10.9 Å². The molecule has 3 heterocycles. The molecule has 1 unspecified atom stereocenters. The Morgan fingerprint density at radius 2 is 2.24 bits per heavy atom. The maximum absolute atomic E-state index is 11.5. The van der Waals surface area contributed by atoms with Crippen molar-refractivity contribution in [3.05, 3.63) is 39.8 Å². The minimum Gasteiger partial charge on any atom is -0.464 e. The van der Waals surface area contributed by atoms with Crippen LogP contribution in [0.25, 0.3) is 0 Å². The molecule has 1 atom stereocenters. The highest BCUT2D eigenvalue weighted by Gasteiger charge is 2.25. The lowest BCUT2D eigenvalue weighted by atomic mass is 10.1. The molecule has 0 radical (unpaired) electrons. The summed E-state index contributed by atoms with van der Waals surface area (Å²) in [5.74, 6) is 0.174. The zero-order chi connectivity index (χ0) is 18.0. The van der Waals surface area contributed by atoms with Gasteiger partial charge in [0.05, 0.1) is 24.3 Å². The fourth-order valence-electron chi connectivity index (χ4n) is 2.94. The molecule has 0 aliphatic carbocycles. The van der Waals surface area contributed by atoms with Gasteiger partial charge in [-0.25, -0.2) is 14.5 Å². The van der Waals surface area contributed by atoms with E-state index in [1.807, 2.05) is 0 Å². The average Bonchev–Trinajstić information content (AvgIpc) is 3.11. The normalized spacial score (nSPS) is 17.4. The third kappa shape index (κ3) is 3.42. The van der Waals surface area contributed by atoms with Crippen molar-refractivity contribution in [2.45, 2.75) is 25.8 Å². The van der Waals surface area contributed by atoms with Gasteiger partial charge < -0.3 is 9.64 Å². The second-order valence-electron chi connectivity index (χ2n) is 5.85. The standard InChI is InChI=1S/C15H18N6O4/c1-10-13(21(23)24)5-6-14(16-10)19-7-3-4-11(8-19)20-9-12(17-18-20)15(22)25-2/h5-6,9,11H,3-4,7-8H2,1-2H3. The van der Waals surface area contributed by atoms with Crippen LogP contribution in [0.2, 0.25) is 0 Å². The lowest BCUT2D eigenvalue weighted by Gasteiger charge is -2.33. The van der Waals surface area contributed by atoms with Crippen LogP contribution >= 0.6 is 0 Å². The van der Waals surface area contributed by atoms with Crippen LogP contribution in [0.15, 0.2) is 18.3 Å². The van der Waals surface area contributed by atoms with E-state index in [-0.39, 0.29) is 17.4 Å². The lowest BCUT2D eigenvalue weighted by molar-refractivity contribution is -0.385. The molecule has 25 heavy (non-hydrogen) atoms. The number of anilines is 1. The highest BCUT2D eigenvalue weighted by atomic mass is 16.6. The van der Waals surface area contributed by atoms with Gasteiger partial charge in [-0.1, -0.05) is 5.21 Å². The molecule has 10 heteroatoms. The van der Waals surface area contributed by atoms with E-state index in [2.05, 4.69) is 24.9 Å². The maximum atomic E-state index is 11.5. The van der Waals surface area contributed by atoms with Crippen LogP contribution in [-0.4, -0.2) is 51.1 Å². The van der Waals surface area contributed by atoms with Crippen molar-refractivity contribution in [1.29, 1.82) is 0 Å². The first kappa shape index (κ1) is 16.8. The summed E-state index contributed by atoms with van der Waals surface area (Å²) < 4.78 is 6.30. The van der Waals surface area contributed by atoms with E-state index in [9.17, 15) is 14.9 Å². The summed E-state index contributed by atoms with van der Waals surface area (Å²) in [6.45, 7) is 3.07. The summed E-state index contributed by atoms with van der Waals surface area (Å²) in [6.07, 6.45) is 3.39. The minimum atomic E-state index is -0.522. The number of nitro groups is 1. The molecule has 0 amide bonds.